The molecule has 2 nitrogen and oxygen atoms in total. The fourth-order valence-corrected chi connectivity index (χ4v) is 1.50. The third-order valence-corrected chi connectivity index (χ3v) is 2.07. The Kier molecular flexibility index (Phi) is 5.51. The first-order valence-corrected chi connectivity index (χ1v) is 5.60. The van der Waals surface area contributed by atoms with Gasteiger partial charge in [0.25, 0.3) is 0 Å². The van der Waals surface area contributed by atoms with Crippen LogP contribution >= 0.6 is 11.6 Å². The van der Waals surface area contributed by atoms with Gasteiger partial charge in [0.15, 0.2) is 0 Å². The highest BCUT2D eigenvalue weighted by atomic mass is 35.5. The molecule has 15 heavy (non-hydrogen) atoms. The van der Waals surface area contributed by atoms with Crippen LogP contribution in [0.15, 0.2) is 18.2 Å². The van der Waals surface area contributed by atoms with Crippen molar-refractivity contribution in [1.29, 1.82) is 0 Å². The van der Waals surface area contributed by atoms with Crippen LogP contribution in [0.5, 0.6) is 5.75 Å². The zero-order chi connectivity index (χ0) is 11.1. The lowest BCUT2D eigenvalue weighted by Crippen LogP contribution is -2.08. The van der Waals surface area contributed by atoms with Crippen LogP contribution in [-0.4, -0.2) is 25.7 Å². The quantitative estimate of drug-likeness (QED) is 0.551. The highest BCUT2D eigenvalue weighted by molar-refractivity contribution is 6.17. The van der Waals surface area contributed by atoms with Crippen LogP contribution in [0.2, 0.25) is 0 Å². The van der Waals surface area contributed by atoms with Crippen LogP contribution < -0.4 is 4.74 Å². The van der Waals surface area contributed by atoms with E-state index in [0.29, 0.717) is 25.7 Å². The normalized spacial score (nSPS) is 10.3. The molecule has 0 spiro atoms. The number of ether oxygens (including phenoxy) is 2. The van der Waals surface area contributed by atoms with Crippen LogP contribution in [0.1, 0.15) is 11.1 Å². The van der Waals surface area contributed by atoms with Gasteiger partial charge in [-0.05, 0) is 37.1 Å². The summed E-state index contributed by atoms with van der Waals surface area (Å²) in [6, 6.07) is 6.17. The van der Waals surface area contributed by atoms with Crippen LogP contribution in [0, 0.1) is 13.8 Å². The van der Waals surface area contributed by atoms with Crippen molar-refractivity contribution in [3.63, 3.8) is 0 Å². The van der Waals surface area contributed by atoms with Crippen LogP contribution in [0.3, 0.4) is 0 Å². The first-order valence-electron chi connectivity index (χ1n) is 5.07. The largest absolute Gasteiger partial charge is 0.491 e. The van der Waals surface area contributed by atoms with Gasteiger partial charge in [-0.15, -0.1) is 11.6 Å². The van der Waals surface area contributed by atoms with Crippen molar-refractivity contribution >= 4 is 11.6 Å². The Labute approximate surface area is 96.2 Å². The Morgan fingerprint density at radius 1 is 1.00 bits per heavy atom. The molecule has 0 atom stereocenters. The van der Waals surface area contributed by atoms with E-state index in [-0.39, 0.29) is 0 Å². The fraction of sp³-hybridized carbons (Fsp3) is 0.500. The van der Waals surface area contributed by atoms with Crippen molar-refractivity contribution in [1.82, 2.24) is 0 Å². The van der Waals surface area contributed by atoms with E-state index in [2.05, 4.69) is 19.9 Å². The van der Waals surface area contributed by atoms with Crippen molar-refractivity contribution in [2.45, 2.75) is 13.8 Å². The molecule has 84 valence electrons. The van der Waals surface area contributed by atoms with E-state index in [0.717, 1.165) is 5.75 Å². The van der Waals surface area contributed by atoms with Crippen LogP contribution in [0.4, 0.5) is 0 Å². The third-order valence-electron chi connectivity index (χ3n) is 1.91. The number of hydrogen-bond donors (Lipinski definition) is 0. The minimum absolute atomic E-state index is 0.531. The molecule has 0 aliphatic heterocycles. The molecule has 0 fully saturated rings. The first kappa shape index (κ1) is 12.3. The minimum Gasteiger partial charge on any atom is -0.491 e. The van der Waals surface area contributed by atoms with Gasteiger partial charge in [-0.1, -0.05) is 6.07 Å². The molecule has 0 saturated heterocycles. The monoisotopic (exact) mass is 228 g/mol. The van der Waals surface area contributed by atoms with Crippen molar-refractivity contribution in [2.75, 3.05) is 25.7 Å². The Balaban J connectivity index is 2.31. The molecule has 1 aromatic rings. The number of rotatable bonds is 6. The minimum atomic E-state index is 0.531. The van der Waals surface area contributed by atoms with Crippen molar-refractivity contribution in [3.05, 3.63) is 29.3 Å². The smallest absolute Gasteiger partial charge is 0.119 e. The summed E-state index contributed by atoms with van der Waals surface area (Å²) in [5.74, 6) is 1.44. The third kappa shape index (κ3) is 5.05. The SMILES string of the molecule is Cc1cc(C)cc(OCCOCCCl)c1. The molecule has 0 unspecified atom stereocenters. The summed E-state index contributed by atoms with van der Waals surface area (Å²) in [5, 5.41) is 0. The highest BCUT2D eigenvalue weighted by Crippen LogP contribution is 2.15. The zero-order valence-corrected chi connectivity index (χ0v) is 10.0. The fourth-order valence-electron chi connectivity index (χ4n) is 1.39. The molecular formula is C12H17ClO2. The Morgan fingerprint density at radius 3 is 2.27 bits per heavy atom. The lowest BCUT2D eigenvalue weighted by atomic mass is 10.1. The molecule has 0 N–H and O–H groups in total. The summed E-state index contributed by atoms with van der Waals surface area (Å²) in [7, 11) is 0. The maximum Gasteiger partial charge on any atom is 0.119 e. The zero-order valence-electron chi connectivity index (χ0n) is 9.25. The predicted octanol–water partition coefficient (Wildman–Crippen LogP) is 2.94. The molecule has 3 heteroatoms. The van der Waals surface area contributed by atoms with Gasteiger partial charge in [0.2, 0.25) is 0 Å². The maximum atomic E-state index is 5.55. The average molecular weight is 229 g/mol. The van der Waals surface area contributed by atoms with E-state index in [1.165, 1.54) is 11.1 Å². The van der Waals surface area contributed by atoms with Crippen molar-refractivity contribution in [2.24, 2.45) is 0 Å². The first-order chi connectivity index (χ1) is 7.22. The second-order valence-corrected chi connectivity index (χ2v) is 3.85. The van der Waals surface area contributed by atoms with E-state index < -0.39 is 0 Å². The number of aryl methyl sites for hydroxylation is 2. The standard InChI is InChI=1S/C12H17ClO2/c1-10-7-11(2)9-12(8-10)15-6-5-14-4-3-13/h7-9H,3-6H2,1-2H3. The van der Waals surface area contributed by atoms with Crippen LogP contribution in [-0.2, 0) is 4.74 Å². The Hall–Kier alpha value is -0.730. The van der Waals surface area contributed by atoms with Gasteiger partial charge in [-0.3, -0.25) is 0 Å². The van der Waals surface area contributed by atoms with Crippen LogP contribution in [0.25, 0.3) is 0 Å². The van der Waals surface area contributed by atoms with Crippen molar-refractivity contribution < 1.29 is 9.47 Å². The van der Waals surface area contributed by atoms with Gasteiger partial charge in [0, 0.05) is 5.88 Å². The maximum absolute atomic E-state index is 5.55. The molecule has 1 rings (SSSR count). The molecule has 0 aliphatic carbocycles. The Morgan fingerprint density at radius 2 is 1.67 bits per heavy atom. The number of halogens is 1. The molecule has 0 bridgehead atoms. The second-order valence-electron chi connectivity index (χ2n) is 3.47. The summed E-state index contributed by atoms with van der Waals surface area (Å²) in [6.07, 6.45) is 0. The molecule has 0 amide bonds. The topological polar surface area (TPSA) is 18.5 Å². The second kappa shape index (κ2) is 6.70. The molecule has 0 radical (unpaired) electrons. The Bertz CT molecular complexity index is 279. The van der Waals surface area contributed by atoms with E-state index in [4.69, 9.17) is 21.1 Å². The van der Waals surface area contributed by atoms with Gasteiger partial charge >= 0.3 is 0 Å². The summed E-state index contributed by atoms with van der Waals surface area (Å²) < 4.78 is 10.8. The van der Waals surface area contributed by atoms with E-state index in [9.17, 15) is 0 Å². The lowest BCUT2D eigenvalue weighted by Gasteiger charge is -2.08. The van der Waals surface area contributed by atoms with Gasteiger partial charge in [0.05, 0.1) is 13.2 Å². The van der Waals surface area contributed by atoms with Crippen molar-refractivity contribution in [3.8, 4) is 5.75 Å². The molecule has 0 heterocycles. The molecule has 0 aliphatic rings. The molecular weight excluding hydrogens is 212 g/mol. The number of alkyl halides is 1. The van der Waals surface area contributed by atoms with E-state index in [1.807, 2.05) is 12.1 Å². The summed E-state index contributed by atoms with van der Waals surface area (Å²) in [4.78, 5) is 0. The van der Waals surface area contributed by atoms with E-state index in [1.54, 1.807) is 0 Å². The summed E-state index contributed by atoms with van der Waals surface area (Å²) >= 11 is 5.47. The molecule has 0 saturated carbocycles. The number of hydrogen-bond acceptors (Lipinski definition) is 2. The van der Waals surface area contributed by atoms with E-state index >= 15 is 0 Å². The predicted molar refractivity (Wildman–Crippen MR) is 63.0 cm³/mol. The summed E-state index contributed by atoms with van der Waals surface area (Å²) in [5.41, 5.74) is 2.43. The lowest BCUT2D eigenvalue weighted by molar-refractivity contribution is 0.111. The molecule has 0 aromatic heterocycles. The van der Waals surface area contributed by atoms with Gasteiger partial charge < -0.3 is 9.47 Å². The molecule has 1 aromatic carbocycles. The number of benzene rings is 1. The van der Waals surface area contributed by atoms with Gasteiger partial charge in [-0.25, -0.2) is 0 Å². The van der Waals surface area contributed by atoms with Gasteiger partial charge in [-0.2, -0.15) is 0 Å². The highest BCUT2D eigenvalue weighted by Gasteiger charge is 1.96. The average Bonchev–Trinajstić information content (AvgIpc) is 2.16. The van der Waals surface area contributed by atoms with Gasteiger partial charge in [0.1, 0.15) is 12.4 Å². The summed E-state index contributed by atoms with van der Waals surface area (Å²) in [6.45, 7) is 5.85.